The Labute approximate surface area is 108 Å². The van der Waals surface area contributed by atoms with E-state index in [9.17, 15) is 0 Å². The Morgan fingerprint density at radius 3 is 2.78 bits per heavy atom. The minimum atomic E-state index is -0.158. The molecule has 3 N–H and O–H groups in total. The Balaban J connectivity index is 1.98. The van der Waals surface area contributed by atoms with Crippen LogP contribution in [0.25, 0.3) is 0 Å². The van der Waals surface area contributed by atoms with E-state index in [1.807, 2.05) is 0 Å². The summed E-state index contributed by atoms with van der Waals surface area (Å²) in [4.78, 5) is 7.08. The van der Waals surface area contributed by atoms with Crippen molar-refractivity contribution in [1.82, 2.24) is 4.90 Å². The topological polar surface area (TPSA) is 53.6 Å². The van der Waals surface area contributed by atoms with Crippen LogP contribution < -0.4 is 11.1 Å². The second-order valence-electron chi connectivity index (χ2n) is 4.99. The molecule has 4 nitrogen and oxygen atoms in total. The van der Waals surface area contributed by atoms with Crippen LogP contribution in [0.15, 0.2) is 29.3 Å². The van der Waals surface area contributed by atoms with E-state index in [0.29, 0.717) is 6.54 Å². The molecule has 2 aliphatic rings. The highest BCUT2D eigenvalue weighted by molar-refractivity contribution is 6.04. The maximum Gasteiger partial charge on any atom is 0.134 e. The summed E-state index contributed by atoms with van der Waals surface area (Å²) in [6.07, 6.45) is 3.68. The zero-order valence-electron chi connectivity index (χ0n) is 10.6. The fourth-order valence-corrected chi connectivity index (χ4v) is 2.68. The molecule has 1 unspecified atom stereocenters. The van der Waals surface area contributed by atoms with Gasteiger partial charge in [-0.25, -0.2) is 4.99 Å². The van der Waals surface area contributed by atoms with Gasteiger partial charge in [0.25, 0.3) is 0 Å². The number of piperidine rings is 1. The van der Waals surface area contributed by atoms with Gasteiger partial charge < -0.3 is 16.0 Å². The number of aliphatic imine (C=N–C) groups is 1. The fourth-order valence-electron chi connectivity index (χ4n) is 2.68. The molecule has 2 aliphatic heterocycles. The number of nitrogens with two attached hydrogens (primary N) is 1. The molecule has 0 bridgehead atoms. The fraction of sp³-hybridized carbons (Fsp3) is 0.500. The lowest BCUT2D eigenvalue weighted by molar-refractivity contribution is 0.341. The van der Waals surface area contributed by atoms with Crippen molar-refractivity contribution in [2.75, 3.05) is 25.0 Å². The molecule has 0 radical (unpaired) electrons. The van der Waals surface area contributed by atoms with Gasteiger partial charge in [0.2, 0.25) is 0 Å². The standard InChI is InChI=1S/C14H20N4/c15-13-10-16-12-7-3-2-6-11(12)14(17-13)18-8-4-1-5-9-18/h2-3,6-7,13,16H,1,4-5,8-10,15H2. The zero-order valence-corrected chi connectivity index (χ0v) is 10.6. The van der Waals surface area contributed by atoms with E-state index in [-0.39, 0.29) is 6.17 Å². The molecule has 1 fully saturated rings. The highest BCUT2D eigenvalue weighted by atomic mass is 15.2. The van der Waals surface area contributed by atoms with Gasteiger partial charge in [0, 0.05) is 24.3 Å². The minimum Gasteiger partial charge on any atom is -0.381 e. The van der Waals surface area contributed by atoms with E-state index in [0.717, 1.165) is 24.6 Å². The number of nitrogens with zero attached hydrogens (tertiary/aromatic N) is 2. The minimum absolute atomic E-state index is 0.158. The quantitative estimate of drug-likeness (QED) is 0.729. The number of anilines is 1. The Hall–Kier alpha value is -1.55. The number of likely N-dealkylation sites (tertiary alicyclic amines) is 1. The van der Waals surface area contributed by atoms with E-state index in [1.54, 1.807) is 0 Å². The largest absolute Gasteiger partial charge is 0.381 e. The molecule has 4 heteroatoms. The molecule has 3 rings (SSSR count). The summed E-state index contributed by atoms with van der Waals surface area (Å²) >= 11 is 0. The molecule has 2 heterocycles. The maximum absolute atomic E-state index is 6.03. The highest BCUT2D eigenvalue weighted by Crippen LogP contribution is 2.22. The van der Waals surface area contributed by atoms with Gasteiger partial charge in [0.1, 0.15) is 12.0 Å². The predicted molar refractivity (Wildman–Crippen MR) is 74.9 cm³/mol. The molecule has 1 saturated heterocycles. The lowest BCUT2D eigenvalue weighted by Gasteiger charge is -2.30. The molecule has 0 saturated carbocycles. The molecule has 18 heavy (non-hydrogen) atoms. The zero-order chi connectivity index (χ0) is 12.4. The summed E-state index contributed by atoms with van der Waals surface area (Å²) in [6.45, 7) is 2.90. The average Bonchev–Trinajstić information content (AvgIpc) is 2.60. The first kappa shape index (κ1) is 11.5. The molecule has 0 aromatic heterocycles. The van der Waals surface area contributed by atoms with Crippen LogP contribution in [0.1, 0.15) is 24.8 Å². The van der Waals surface area contributed by atoms with Crippen molar-refractivity contribution >= 4 is 11.5 Å². The van der Waals surface area contributed by atoms with Crippen LogP contribution in [0.5, 0.6) is 0 Å². The molecule has 1 aromatic rings. The van der Waals surface area contributed by atoms with Crippen molar-refractivity contribution in [3.05, 3.63) is 29.8 Å². The second-order valence-corrected chi connectivity index (χ2v) is 4.99. The normalized spacial score (nSPS) is 23.7. The van der Waals surface area contributed by atoms with Crippen molar-refractivity contribution in [1.29, 1.82) is 0 Å². The molecule has 0 aliphatic carbocycles. The molecular weight excluding hydrogens is 224 g/mol. The molecule has 1 aromatic carbocycles. The number of para-hydroxylation sites is 1. The molecule has 0 amide bonds. The summed E-state index contributed by atoms with van der Waals surface area (Å²) in [7, 11) is 0. The number of hydrogen-bond acceptors (Lipinski definition) is 4. The van der Waals surface area contributed by atoms with Crippen molar-refractivity contribution < 1.29 is 0 Å². The summed E-state index contributed by atoms with van der Waals surface area (Å²) in [5, 5.41) is 3.38. The first-order chi connectivity index (χ1) is 8.84. The summed E-state index contributed by atoms with van der Waals surface area (Å²) in [5.41, 5.74) is 8.37. The SMILES string of the molecule is NC1CNc2ccccc2C(N2CCCCC2)=N1. The van der Waals surface area contributed by atoms with Gasteiger partial charge in [-0.1, -0.05) is 12.1 Å². The average molecular weight is 244 g/mol. The Morgan fingerprint density at radius 1 is 1.17 bits per heavy atom. The van der Waals surface area contributed by atoms with E-state index in [2.05, 4.69) is 34.5 Å². The number of hydrogen-bond donors (Lipinski definition) is 2. The molecule has 1 atom stereocenters. The monoisotopic (exact) mass is 244 g/mol. The summed E-state index contributed by atoms with van der Waals surface area (Å²) in [5.74, 6) is 1.07. The van der Waals surface area contributed by atoms with Crippen molar-refractivity contribution in [2.45, 2.75) is 25.4 Å². The Kier molecular flexibility index (Phi) is 3.19. The van der Waals surface area contributed by atoms with Crippen molar-refractivity contribution in [3.8, 4) is 0 Å². The van der Waals surface area contributed by atoms with E-state index in [1.165, 1.54) is 24.8 Å². The Morgan fingerprint density at radius 2 is 1.94 bits per heavy atom. The number of benzene rings is 1. The predicted octanol–water partition coefficient (Wildman–Crippen LogP) is 1.63. The first-order valence-electron chi connectivity index (χ1n) is 6.76. The van der Waals surface area contributed by atoms with E-state index >= 15 is 0 Å². The third kappa shape index (κ3) is 2.20. The third-order valence-electron chi connectivity index (χ3n) is 3.61. The van der Waals surface area contributed by atoms with Crippen molar-refractivity contribution in [2.24, 2.45) is 10.7 Å². The van der Waals surface area contributed by atoms with Crippen molar-refractivity contribution in [3.63, 3.8) is 0 Å². The van der Waals surface area contributed by atoms with Crippen LogP contribution >= 0.6 is 0 Å². The van der Waals surface area contributed by atoms with E-state index < -0.39 is 0 Å². The van der Waals surface area contributed by atoms with Gasteiger partial charge in [0.05, 0.1) is 6.54 Å². The Bertz CT molecular complexity index is 449. The van der Waals surface area contributed by atoms with Crippen LogP contribution in [0.2, 0.25) is 0 Å². The maximum atomic E-state index is 6.03. The van der Waals surface area contributed by atoms with Crippen LogP contribution in [-0.2, 0) is 0 Å². The summed E-state index contributed by atoms with van der Waals surface area (Å²) in [6, 6.07) is 8.36. The number of rotatable bonds is 0. The third-order valence-corrected chi connectivity index (χ3v) is 3.61. The lowest BCUT2D eigenvalue weighted by atomic mass is 10.1. The van der Waals surface area contributed by atoms with E-state index in [4.69, 9.17) is 10.7 Å². The first-order valence-corrected chi connectivity index (χ1v) is 6.76. The van der Waals surface area contributed by atoms with Crippen LogP contribution in [-0.4, -0.2) is 36.5 Å². The smallest absolute Gasteiger partial charge is 0.134 e. The van der Waals surface area contributed by atoms with Crippen LogP contribution in [0, 0.1) is 0 Å². The lowest BCUT2D eigenvalue weighted by Crippen LogP contribution is -2.37. The second kappa shape index (κ2) is 4.98. The van der Waals surface area contributed by atoms with Gasteiger partial charge in [-0.05, 0) is 31.4 Å². The number of nitrogens with one attached hydrogen (secondary N) is 1. The van der Waals surface area contributed by atoms with Gasteiger partial charge in [0.15, 0.2) is 0 Å². The summed E-state index contributed by atoms with van der Waals surface area (Å²) < 4.78 is 0. The molecule has 0 spiro atoms. The number of amidine groups is 1. The molecule has 96 valence electrons. The van der Waals surface area contributed by atoms with Gasteiger partial charge in [-0.3, -0.25) is 0 Å². The van der Waals surface area contributed by atoms with Crippen LogP contribution in [0.4, 0.5) is 5.69 Å². The highest BCUT2D eigenvalue weighted by Gasteiger charge is 2.22. The van der Waals surface area contributed by atoms with Gasteiger partial charge >= 0.3 is 0 Å². The van der Waals surface area contributed by atoms with Gasteiger partial charge in [-0.15, -0.1) is 0 Å². The van der Waals surface area contributed by atoms with Gasteiger partial charge in [-0.2, -0.15) is 0 Å². The molecular formula is C14H20N4. The number of fused-ring (bicyclic) bond motifs is 1. The number of benzodiazepines with no additional fused rings is 1. The van der Waals surface area contributed by atoms with Crippen LogP contribution in [0.3, 0.4) is 0 Å².